The Morgan fingerprint density at radius 2 is 2.20 bits per heavy atom. The van der Waals surface area contributed by atoms with E-state index < -0.39 is 25.9 Å². The summed E-state index contributed by atoms with van der Waals surface area (Å²) in [6, 6.07) is 2.21. The van der Waals surface area contributed by atoms with Crippen molar-refractivity contribution in [1.82, 2.24) is 0 Å². The Balaban J connectivity index is 2.56. The fourth-order valence-electron chi connectivity index (χ4n) is 2.87. The zero-order valence-electron chi connectivity index (χ0n) is 11.0. The third-order valence-electron chi connectivity index (χ3n) is 3.92. The first-order chi connectivity index (χ1) is 9.35. The van der Waals surface area contributed by atoms with Crippen LogP contribution in [0.15, 0.2) is 20.1 Å². The van der Waals surface area contributed by atoms with Crippen molar-refractivity contribution < 1.29 is 22.2 Å². The number of quaternary nitrogens is 1. The molecule has 0 saturated carbocycles. The summed E-state index contributed by atoms with van der Waals surface area (Å²) in [6.07, 6.45) is 1.79. The molecule has 1 aliphatic rings. The quantitative estimate of drug-likeness (QED) is 0.737. The Kier molecular flexibility index (Phi) is 4.58. The average molecular weight is 382 g/mol. The molecule has 1 aromatic rings. The number of carboxylic acid groups (broad SMARTS) is 1. The van der Waals surface area contributed by atoms with Crippen molar-refractivity contribution in [3.63, 3.8) is 0 Å². The van der Waals surface area contributed by atoms with E-state index in [4.69, 9.17) is 0 Å². The molecule has 1 fully saturated rings. The fourth-order valence-corrected chi connectivity index (χ4v) is 7.28. The topological polar surface area (TPSA) is 74.3 Å². The van der Waals surface area contributed by atoms with Gasteiger partial charge < -0.3 is 9.90 Å². The summed E-state index contributed by atoms with van der Waals surface area (Å²) < 4.78 is 26.4. The molecule has 1 aromatic heterocycles. The summed E-state index contributed by atoms with van der Waals surface area (Å²) in [6.45, 7) is 2.28. The number of likely N-dealkylation sites (tertiary alicyclic amines) is 1. The Labute approximate surface area is 131 Å². The Morgan fingerprint density at radius 3 is 2.70 bits per heavy atom. The number of piperidine rings is 1. The van der Waals surface area contributed by atoms with Crippen LogP contribution < -0.4 is 5.11 Å². The lowest BCUT2D eigenvalue weighted by Crippen LogP contribution is -2.66. The summed E-state index contributed by atoms with van der Waals surface area (Å²) in [5.74, 6) is -1.27. The van der Waals surface area contributed by atoms with Gasteiger partial charge in [0.2, 0.25) is 0 Å². The maximum atomic E-state index is 12.9. The number of sulfonamides is 1. The smallest absolute Gasteiger partial charge is 0.337 e. The number of carbonyl (C=O) groups is 1. The molecule has 2 heterocycles. The minimum atomic E-state index is -3.74. The zero-order chi connectivity index (χ0) is 15.0. The van der Waals surface area contributed by atoms with Gasteiger partial charge in [-0.05, 0) is 47.8 Å². The van der Waals surface area contributed by atoms with Crippen LogP contribution in [0.5, 0.6) is 0 Å². The number of nitrogens with zero attached hydrogens (tertiary/aromatic N) is 1. The Hall–Kier alpha value is -0.440. The van der Waals surface area contributed by atoms with E-state index in [1.165, 1.54) is 6.07 Å². The third kappa shape index (κ3) is 2.43. The van der Waals surface area contributed by atoms with Gasteiger partial charge in [-0.15, -0.1) is 11.3 Å². The molecule has 1 saturated heterocycles. The lowest BCUT2D eigenvalue weighted by atomic mass is 10.0. The number of likely N-dealkylation sites (N-methyl/N-ethyl adjacent to an activating group) is 1. The van der Waals surface area contributed by atoms with Crippen molar-refractivity contribution in [3.8, 4) is 0 Å². The fraction of sp³-hybridized carbons (Fsp3) is 0.583. The highest BCUT2D eigenvalue weighted by Gasteiger charge is 2.50. The van der Waals surface area contributed by atoms with Crippen LogP contribution in [0, 0.1) is 0 Å². The highest BCUT2D eigenvalue weighted by atomic mass is 79.9. The third-order valence-corrected chi connectivity index (χ3v) is 8.52. The summed E-state index contributed by atoms with van der Waals surface area (Å²) in [5.41, 5.74) is 0. The molecule has 2 atom stereocenters. The van der Waals surface area contributed by atoms with E-state index in [0.717, 1.165) is 17.8 Å². The van der Waals surface area contributed by atoms with Gasteiger partial charge in [0.25, 0.3) is 0 Å². The van der Waals surface area contributed by atoms with Gasteiger partial charge >= 0.3 is 10.0 Å². The molecular formula is C12H16BrNO4S2. The molecule has 0 bridgehead atoms. The number of carboxylic acids is 1. The number of halogens is 1. The van der Waals surface area contributed by atoms with E-state index in [1.807, 2.05) is 0 Å². The minimum absolute atomic E-state index is 0.208. The summed E-state index contributed by atoms with van der Waals surface area (Å²) >= 11 is 4.37. The molecule has 0 amide bonds. The number of aliphatic carboxylic acids is 1. The number of rotatable bonds is 4. The minimum Gasteiger partial charge on any atom is -0.544 e. The predicted molar refractivity (Wildman–Crippen MR) is 77.5 cm³/mol. The SMILES string of the molecule is CC[N+]1(S(=O)(=O)c2ccc(Br)s2)CCCCC1C(=O)[O-]. The van der Waals surface area contributed by atoms with Crippen molar-refractivity contribution in [2.24, 2.45) is 0 Å². The summed E-state index contributed by atoms with van der Waals surface area (Å²) in [7, 11) is -3.74. The van der Waals surface area contributed by atoms with Crippen molar-refractivity contribution >= 4 is 43.3 Å². The van der Waals surface area contributed by atoms with Gasteiger partial charge in [-0.3, -0.25) is 0 Å². The largest absolute Gasteiger partial charge is 0.544 e. The van der Waals surface area contributed by atoms with E-state index >= 15 is 0 Å². The van der Waals surface area contributed by atoms with Crippen molar-refractivity contribution in [3.05, 3.63) is 15.9 Å². The number of carbonyl (C=O) groups excluding carboxylic acids is 1. The van der Waals surface area contributed by atoms with E-state index in [1.54, 1.807) is 13.0 Å². The van der Waals surface area contributed by atoms with Crippen molar-refractivity contribution in [2.75, 3.05) is 13.1 Å². The lowest BCUT2D eigenvalue weighted by molar-refractivity contribution is -0.831. The first-order valence-corrected chi connectivity index (χ1v) is 9.48. The zero-order valence-corrected chi connectivity index (χ0v) is 14.3. The van der Waals surface area contributed by atoms with Crippen LogP contribution in [-0.4, -0.2) is 37.4 Å². The van der Waals surface area contributed by atoms with Gasteiger partial charge in [0.05, 0.1) is 16.9 Å². The standard InChI is InChI=1S/C12H16BrNO4S2/c1-2-14(8-4-3-5-9(14)12(15)16)20(17,18)11-7-6-10(13)19-11/h6-7,9H,2-5,8H2,1H3. The molecule has 2 unspecified atom stereocenters. The Morgan fingerprint density at radius 1 is 1.50 bits per heavy atom. The monoisotopic (exact) mass is 381 g/mol. The highest BCUT2D eigenvalue weighted by Crippen LogP contribution is 2.37. The first-order valence-electron chi connectivity index (χ1n) is 6.43. The van der Waals surface area contributed by atoms with E-state index in [2.05, 4.69) is 15.9 Å². The molecule has 112 valence electrons. The molecule has 0 aromatic carbocycles. The Bertz CT molecular complexity index is 613. The van der Waals surface area contributed by atoms with E-state index in [9.17, 15) is 18.3 Å². The second kappa shape index (κ2) is 5.75. The van der Waals surface area contributed by atoms with Crippen LogP contribution in [0.25, 0.3) is 0 Å². The molecule has 20 heavy (non-hydrogen) atoms. The van der Waals surface area contributed by atoms with Crippen LogP contribution in [0.2, 0.25) is 0 Å². The van der Waals surface area contributed by atoms with Gasteiger partial charge in [0.15, 0.2) is 4.21 Å². The first kappa shape index (κ1) is 15.9. The lowest BCUT2D eigenvalue weighted by Gasteiger charge is -2.45. The molecule has 0 N–H and O–H groups in total. The van der Waals surface area contributed by atoms with Crippen LogP contribution in [-0.2, 0) is 14.8 Å². The number of hydrogen-bond donors (Lipinski definition) is 0. The van der Waals surface area contributed by atoms with Gasteiger partial charge in [-0.25, -0.2) is 3.89 Å². The predicted octanol–water partition coefficient (Wildman–Crippen LogP) is 1.34. The van der Waals surface area contributed by atoms with Gasteiger partial charge in [0.1, 0.15) is 12.0 Å². The maximum absolute atomic E-state index is 12.9. The molecule has 0 radical (unpaired) electrons. The molecule has 8 heteroatoms. The molecule has 1 aliphatic heterocycles. The highest BCUT2D eigenvalue weighted by molar-refractivity contribution is 9.11. The average Bonchev–Trinajstić information content (AvgIpc) is 2.85. The molecule has 5 nitrogen and oxygen atoms in total. The molecule has 0 aliphatic carbocycles. The van der Waals surface area contributed by atoms with Gasteiger partial charge in [0, 0.05) is 6.42 Å². The van der Waals surface area contributed by atoms with Crippen LogP contribution >= 0.6 is 27.3 Å². The van der Waals surface area contributed by atoms with Crippen molar-refractivity contribution in [2.45, 2.75) is 36.4 Å². The molecule has 0 spiro atoms. The van der Waals surface area contributed by atoms with Crippen molar-refractivity contribution in [1.29, 1.82) is 0 Å². The maximum Gasteiger partial charge on any atom is 0.337 e. The number of hydrogen-bond acceptors (Lipinski definition) is 5. The van der Waals surface area contributed by atoms with Crippen LogP contribution in [0.1, 0.15) is 26.2 Å². The van der Waals surface area contributed by atoms with Gasteiger partial charge in [-0.2, -0.15) is 8.42 Å². The second-order valence-electron chi connectivity index (χ2n) is 4.86. The summed E-state index contributed by atoms with van der Waals surface area (Å²) in [4.78, 5) is 11.4. The van der Waals surface area contributed by atoms with E-state index in [0.29, 0.717) is 23.2 Å². The molecule has 2 rings (SSSR count). The second-order valence-corrected chi connectivity index (χ2v) is 9.70. The normalized spacial score (nSPS) is 27.4. The molecular weight excluding hydrogens is 366 g/mol. The van der Waals surface area contributed by atoms with Crippen LogP contribution in [0.3, 0.4) is 0 Å². The van der Waals surface area contributed by atoms with Crippen LogP contribution in [0.4, 0.5) is 0 Å². The van der Waals surface area contributed by atoms with Gasteiger partial charge in [-0.1, -0.05) is 0 Å². The van der Waals surface area contributed by atoms with E-state index in [-0.39, 0.29) is 10.8 Å². The summed E-state index contributed by atoms with van der Waals surface area (Å²) in [5, 5.41) is 11.4. The number of thiophene rings is 1.